The molecule has 1 radical (unpaired) electrons. The summed E-state index contributed by atoms with van der Waals surface area (Å²) in [6.45, 7) is 11.4. The van der Waals surface area contributed by atoms with Gasteiger partial charge < -0.3 is 24.7 Å². The van der Waals surface area contributed by atoms with Crippen molar-refractivity contribution in [1.29, 1.82) is 0 Å². The van der Waals surface area contributed by atoms with E-state index in [9.17, 15) is 23.5 Å². The summed E-state index contributed by atoms with van der Waals surface area (Å²) < 4.78 is 45.8. The number of carbonyl (C=O) groups excluding carboxylic acids is 2. The van der Waals surface area contributed by atoms with Crippen molar-refractivity contribution in [3.63, 3.8) is 0 Å². The van der Waals surface area contributed by atoms with Crippen LogP contribution in [0.3, 0.4) is 0 Å². The Bertz CT molecular complexity index is 1180. The zero-order valence-electron chi connectivity index (χ0n) is 23.0. The third-order valence-electron chi connectivity index (χ3n) is 10.6. The number of aliphatic hydroxyl groups is 1. The first-order valence-electron chi connectivity index (χ1n) is 13.5. The molecule has 0 aromatic heterocycles. The number of hydrogen-bond donors (Lipinski definition) is 1. The van der Waals surface area contributed by atoms with Crippen molar-refractivity contribution in [2.45, 2.75) is 78.6 Å². The standard InChI is InChI=1S/C29H36BF2O6.H2O/c1-6-27(4)12-20(38-21(34)14-36-24-18(31)11-17-13-37-30-22(17)23(24)32)28(5)15(2)7-9-29(16(3)26(27)35)10-8-19(33)25(28)29;/h6,11,15-16,20,25-26,35H,1,7-10,12-14H2,2-5H3;1H2/t15-,16+,20-,25+,26+,27-,28+,29+;/m1./s1. The van der Waals surface area contributed by atoms with Crippen molar-refractivity contribution in [2.24, 2.45) is 34.0 Å². The van der Waals surface area contributed by atoms with Gasteiger partial charge in [-0.2, -0.15) is 0 Å². The Morgan fingerprint density at radius 1 is 1.31 bits per heavy atom. The van der Waals surface area contributed by atoms with E-state index < -0.39 is 58.4 Å². The largest absolute Gasteiger partial charge is 0.476 e. The molecule has 5 rings (SSSR count). The molecule has 0 spiro atoms. The molecule has 1 aromatic rings. The van der Waals surface area contributed by atoms with Crippen LogP contribution in [0.5, 0.6) is 5.75 Å². The summed E-state index contributed by atoms with van der Waals surface area (Å²) >= 11 is 0. The molecule has 3 saturated carbocycles. The summed E-state index contributed by atoms with van der Waals surface area (Å²) in [5.74, 6) is -3.59. The monoisotopic (exact) mass is 547 g/mol. The van der Waals surface area contributed by atoms with Crippen molar-refractivity contribution in [1.82, 2.24) is 0 Å². The molecule has 10 heteroatoms. The van der Waals surface area contributed by atoms with Crippen molar-refractivity contribution >= 4 is 24.7 Å². The molecule has 39 heavy (non-hydrogen) atoms. The van der Waals surface area contributed by atoms with E-state index in [4.69, 9.17) is 14.1 Å². The molecule has 7 nitrogen and oxygen atoms in total. The fourth-order valence-corrected chi connectivity index (χ4v) is 8.08. The summed E-state index contributed by atoms with van der Waals surface area (Å²) in [5, 5.41) is 11.6. The minimum atomic E-state index is -0.929. The number of ether oxygens (including phenoxy) is 2. The smallest absolute Gasteiger partial charge is 0.344 e. The van der Waals surface area contributed by atoms with Gasteiger partial charge in [-0.3, -0.25) is 4.79 Å². The lowest BCUT2D eigenvalue weighted by Crippen LogP contribution is -2.63. The highest BCUT2D eigenvalue weighted by atomic mass is 19.1. The van der Waals surface area contributed by atoms with Crippen LogP contribution in [0, 0.1) is 45.6 Å². The Labute approximate surface area is 228 Å². The Kier molecular flexibility index (Phi) is 7.82. The highest BCUT2D eigenvalue weighted by Gasteiger charge is 2.68. The molecule has 1 aliphatic heterocycles. The minimum Gasteiger partial charge on any atom is -0.476 e. The maximum atomic E-state index is 14.8. The summed E-state index contributed by atoms with van der Waals surface area (Å²) in [6, 6.07) is 1.13. The zero-order valence-corrected chi connectivity index (χ0v) is 23.0. The minimum absolute atomic E-state index is 0. The molecule has 0 amide bonds. The maximum Gasteiger partial charge on any atom is 0.344 e. The number of halogens is 2. The van der Waals surface area contributed by atoms with Crippen LogP contribution < -0.4 is 10.2 Å². The van der Waals surface area contributed by atoms with Crippen molar-refractivity contribution in [3.05, 3.63) is 35.9 Å². The van der Waals surface area contributed by atoms with E-state index >= 15 is 0 Å². The predicted octanol–water partition coefficient (Wildman–Crippen LogP) is 3.20. The molecule has 3 fully saturated rings. The van der Waals surface area contributed by atoms with Gasteiger partial charge in [0.2, 0.25) is 0 Å². The van der Waals surface area contributed by atoms with Crippen LogP contribution in [-0.2, 0) is 25.6 Å². The van der Waals surface area contributed by atoms with Gasteiger partial charge in [0.05, 0.1) is 12.7 Å². The quantitative estimate of drug-likeness (QED) is 0.344. The molecular weight excluding hydrogens is 509 g/mol. The second-order valence-corrected chi connectivity index (χ2v) is 12.4. The third kappa shape index (κ3) is 4.34. The van der Waals surface area contributed by atoms with Crippen LogP contribution >= 0.6 is 0 Å². The predicted molar refractivity (Wildman–Crippen MR) is 140 cm³/mol. The van der Waals surface area contributed by atoms with Gasteiger partial charge in [-0.1, -0.05) is 33.8 Å². The molecule has 0 unspecified atom stereocenters. The summed E-state index contributed by atoms with van der Waals surface area (Å²) in [4.78, 5) is 26.6. The van der Waals surface area contributed by atoms with E-state index in [1.807, 2.05) is 20.8 Å². The Morgan fingerprint density at radius 3 is 2.72 bits per heavy atom. The molecule has 1 heterocycles. The maximum absolute atomic E-state index is 14.8. The second kappa shape index (κ2) is 10.3. The molecule has 213 valence electrons. The van der Waals surface area contributed by atoms with Crippen LogP contribution in [0.2, 0.25) is 0 Å². The Morgan fingerprint density at radius 2 is 2.03 bits per heavy atom. The fourth-order valence-electron chi connectivity index (χ4n) is 8.08. The van der Waals surface area contributed by atoms with E-state index in [2.05, 4.69) is 13.5 Å². The number of ketones is 1. The van der Waals surface area contributed by atoms with Gasteiger partial charge in [0.25, 0.3) is 0 Å². The molecule has 2 bridgehead atoms. The lowest BCUT2D eigenvalue weighted by atomic mass is 9.44. The first kappa shape index (κ1) is 29.7. The normalized spacial score (nSPS) is 38.8. The Hall–Kier alpha value is -2.30. The number of rotatable bonds is 5. The van der Waals surface area contributed by atoms with Crippen molar-refractivity contribution in [3.8, 4) is 5.75 Å². The number of fused-ring (bicyclic) bond motifs is 1. The average Bonchev–Trinajstić information content (AvgIpc) is 3.49. The van der Waals surface area contributed by atoms with Gasteiger partial charge in [-0.05, 0) is 60.0 Å². The first-order valence-corrected chi connectivity index (χ1v) is 13.5. The first-order chi connectivity index (χ1) is 17.9. The van der Waals surface area contributed by atoms with Gasteiger partial charge in [0.15, 0.2) is 24.0 Å². The average molecular weight is 547 g/mol. The van der Waals surface area contributed by atoms with E-state index in [1.165, 1.54) is 7.48 Å². The SMILES string of the molecule is C=C[C@]1(C)C[C@@H](OC(=O)COc2c(F)cc3c(c2F)[B]OC3)[C@]2(C)[C@H](C)CC[C@]3(CCC(=O)[C@H]32)[C@@H](C)[C@@H]1O.O. The molecule has 3 N–H and O–H groups in total. The molecule has 3 aliphatic carbocycles. The lowest BCUT2D eigenvalue weighted by molar-refractivity contribution is -0.207. The topological polar surface area (TPSA) is 114 Å². The number of aliphatic hydroxyl groups excluding tert-OH is 1. The van der Waals surface area contributed by atoms with Crippen LogP contribution in [0.4, 0.5) is 8.78 Å². The third-order valence-corrected chi connectivity index (χ3v) is 10.6. The van der Waals surface area contributed by atoms with Crippen molar-refractivity contribution in [2.75, 3.05) is 6.61 Å². The fraction of sp³-hybridized carbons (Fsp3) is 0.655. The number of Topliss-reactive ketones (excluding diaryl/α,β-unsaturated/α-hetero) is 1. The molecule has 1 aromatic carbocycles. The van der Waals surface area contributed by atoms with Crippen LogP contribution in [0.15, 0.2) is 18.7 Å². The van der Waals surface area contributed by atoms with Crippen LogP contribution in [-0.4, -0.2) is 48.6 Å². The van der Waals surface area contributed by atoms with Gasteiger partial charge in [-0.25, -0.2) is 13.6 Å². The van der Waals surface area contributed by atoms with Crippen LogP contribution in [0.1, 0.15) is 65.4 Å². The summed E-state index contributed by atoms with van der Waals surface area (Å²) in [6.07, 6.45) is 3.28. The van der Waals surface area contributed by atoms with Crippen molar-refractivity contribution < 1.29 is 43.1 Å². The summed E-state index contributed by atoms with van der Waals surface area (Å²) in [7, 11) is 1.20. The van der Waals surface area contributed by atoms with Gasteiger partial charge in [0, 0.05) is 23.2 Å². The highest BCUT2D eigenvalue weighted by molar-refractivity contribution is 6.49. The van der Waals surface area contributed by atoms with Gasteiger partial charge in [0.1, 0.15) is 11.9 Å². The molecule has 0 saturated heterocycles. The van der Waals surface area contributed by atoms with E-state index in [1.54, 1.807) is 6.08 Å². The molecule has 8 atom stereocenters. The van der Waals surface area contributed by atoms with E-state index in [0.29, 0.717) is 18.4 Å². The number of carbonyl (C=O) groups is 2. The van der Waals surface area contributed by atoms with Crippen LogP contribution in [0.25, 0.3) is 0 Å². The molecule has 4 aliphatic rings. The number of esters is 1. The second-order valence-electron chi connectivity index (χ2n) is 12.4. The van der Waals surface area contributed by atoms with E-state index in [-0.39, 0.29) is 47.5 Å². The van der Waals surface area contributed by atoms with Gasteiger partial charge >= 0.3 is 13.5 Å². The summed E-state index contributed by atoms with van der Waals surface area (Å²) in [5.41, 5.74) is -1.39. The zero-order chi connectivity index (χ0) is 27.6. The molecular formula is C29H38BF2O7. The number of hydrogen-bond acceptors (Lipinski definition) is 6. The van der Waals surface area contributed by atoms with E-state index in [0.717, 1.165) is 18.9 Å². The van der Waals surface area contributed by atoms with Gasteiger partial charge in [-0.15, -0.1) is 6.58 Å². The number of benzene rings is 1. The Balaban J connectivity index is 0.00000353. The lowest BCUT2D eigenvalue weighted by Gasteiger charge is -2.61. The highest BCUT2D eigenvalue weighted by Crippen LogP contribution is 2.68.